The Morgan fingerprint density at radius 3 is 2.83 bits per heavy atom. The Bertz CT molecular complexity index is 873. The predicted octanol–water partition coefficient (Wildman–Crippen LogP) is 4.06. The molecule has 0 saturated carbocycles. The molecule has 118 valence electrons. The number of aromatic nitrogens is 2. The minimum atomic E-state index is -0.212. The highest BCUT2D eigenvalue weighted by Gasteiger charge is 2.19. The summed E-state index contributed by atoms with van der Waals surface area (Å²) in [5.41, 5.74) is 2.51. The van der Waals surface area contributed by atoms with Crippen LogP contribution in [0, 0.1) is 6.92 Å². The minimum Gasteiger partial charge on any atom is -0.490 e. The summed E-state index contributed by atoms with van der Waals surface area (Å²) >= 11 is 3.43. The van der Waals surface area contributed by atoms with Gasteiger partial charge in [0.05, 0.1) is 18.0 Å². The average molecular weight is 374 g/mol. The molecule has 3 aromatic rings. The first-order chi connectivity index (χ1) is 11.1. The lowest BCUT2D eigenvalue weighted by Crippen LogP contribution is -2.16. The summed E-state index contributed by atoms with van der Waals surface area (Å²) in [6, 6.07) is 11.2. The summed E-state index contributed by atoms with van der Waals surface area (Å²) in [6.45, 7) is 4.28. The Morgan fingerprint density at radius 2 is 2.09 bits per heavy atom. The number of amides is 1. The zero-order chi connectivity index (χ0) is 16.4. The molecule has 0 radical (unpaired) electrons. The Hall–Kier alpha value is -2.34. The van der Waals surface area contributed by atoms with E-state index in [-0.39, 0.29) is 5.91 Å². The van der Waals surface area contributed by atoms with E-state index in [2.05, 4.69) is 26.2 Å². The first-order valence-electron chi connectivity index (χ1n) is 7.28. The van der Waals surface area contributed by atoms with Crippen LogP contribution < -0.4 is 10.1 Å². The molecule has 3 rings (SSSR count). The monoisotopic (exact) mass is 373 g/mol. The van der Waals surface area contributed by atoms with Gasteiger partial charge >= 0.3 is 0 Å². The van der Waals surface area contributed by atoms with Crippen molar-refractivity contribution in [3.8, 4) is 5.75 Å². The molecule has 0 aliphatic carbocycles. The number of halogens is 1. The lowest BCUT2D eigenvalue weighted by molar-refractivity contribution is 0.102. The van der Waals surface area contributed by atoms with E-state index in [1.54, 1.807) is 4.40 Å². The number of nitrogens with one attached hydrogen (secondary N) is 1. The molecule has 0 aliphatic heterocycles. The van der Waals surface area contributed by atoms with Crippen LogP contribution in [0.2, 0.25) is 0 Å². The van der Waals surface area contributed by atoms with Crippen LogP contribution in [-0.4, -0.2) is 21.9 Å². The van der Waals surface area contributed by atoms with Crippen LogP contribution in [0.4, 0.5) is 5.69 Å². The van der Waals surface area contributed by atoms with Crippen LogP contribution in [0.1, 0.15) is 23.1 Å². The number of aryl methyl sites for hydroxylation is 1. The minimum absolute atomic E-state index is 0.212. The number of hydrogen-bond donors (Lipinski definition) is 1. The Kier molecular flexibility index (Phi) is 4.34. The van der Waals surface area contributed by atoms with E-state index in [1.165, 1.54) is 0 Å². The largest absolute Gasteiger partial charge is 0.490 e. The standard InChI is InChI=1S/C17H16BrN3O2/c1-3-23-14-9-6-10-21-15(11(2)19-16(14)21)17(22)20-13-8-5-4-7-12(13)18/h4-10H,3H2,1-2H3,(H,20,22). The van der Waals surface area contributed by atoms with E-state index in [0.717, 1.165) is 4.47 Å². The molecule has 0 atom stereocenters. The molecule has 0 spiro atoms. The Morgan fingerprint density at radius 1 is 1.30 bits per heavy atom. The summed E-state index contributed by atoms with van der Waals surface area (Å²) in [7, 11) is 0. The maximum Gasteiger partial charge on any atom is 0.274 e. The van der Waals surface area contributed by atoms with Gasteiger partial charge in [0, 0.05) is 10.7 Å². The molecule has 1 amide bonds. The summed E-state index contributed by atoms with van der Waals surface area (Å²) in [5.74, 6) is 0.452. The molecular formula is C17H16BrN3O2. The Labute approximate surface area is 142 Å². The lowest BCUT2D eigenvalue weighted by atomic mass is 10.3. The highest BCUT2D eigenvalue weighted by Crippen LogP contribution is 2.25. The summed E-state index contributed by atoms with van der Waals surface area (Å²) < 4.78 is 8.17. The van der Waals surface area contributed by atoms with Gasteiger partial charge in [-0.15, -0.1) is 0 Å². The highest BCUT2D eigenvalue weighted by molar-refractivity contribution is 9.10. The molecule has 2 aromatic heterocycles. The van der Waals surface area contributed by atoms with Gasteiger partial charge < -0.3 is 10.1 Å². The third-order valence-electron chi connectivity index (χ3n) is 3.43. The molecule has 1 N–H and O–H groups in total. The maximum atomic E-state index is 12.7. The maximum absolute atomic E-state index is 12.7. The molecule has 6 heteroatoms. The average Bonchev–Trinajstić information content (AvgIpc) is 2.87. The first-order valence-corrected chi connectivity index (χ1v) is 8.07. The van der Waals surface area contributed by atoms with Crippen molar-refractivity contribution in [3.63, 3.8) is 0 Å². The van der Waals surface area contributed by atoms with Gasteiger partial charge in [-0.05, 0) is 54.0 Å². The number of carbonyl (C=O) groups is 1. The molecular weight excluding hydrogens is 358 g/mol. The van der Waals surface area contributed by atoms with E-state index >= 15 is 0 Å². The zero-order valence-corrected chi connectivity index (χ0v) is 14.4. The van der Waals surface area contributed by atoms with Gasteiger partial charge in [-0.3, -0.25) is 9.20 Å². The van der Waals surface area contributed by atoms with E-state index in [9.17, 15) is 4.79 Å². The molecule has 0 fully saturated rings. The van der Waals surface area contributed by atoms with Gasteiger partial charge in [-0.25, -0.2) is 4.98 Å². The van der Waals surface area contributed by atoms with Crippen LogP contribution >= 0.6 is 15.9 Å². The fourth-order valence-corrected chi connectivity index (χ4v) is 2.83. The zero-order valence-electron chi connectivity index (χ0n) is 12.8. The van der Waals surface area contributed by atoms with Crippen LogP contribution in [0.5, 0.6) is 5.75 Å². The third kappa shape index (κ3) is 2.94. The van der Waals surface area contributed by atoms with Crippen molar-refractivity contribution in [1.29, 1.82) is 0 Å². The van der Waals surface area contributed by atoms with E-state index < -0.39 is 0 Å². The van der Waals surface area contributed by atoms with Crippen LogP contribution in [0.25, 0.3) is 5.65 Å². The number of ether oxygens (including phenoxy) is 1. The normalized spacial score (nSPS) is 10.7. The van der Waals surface area contributed by atoms with Gasteiger partial charge in [0.15, 0.2) is 11.4 Å². The fraction of sp³-hybridized carbons (Fsp3) is 0.176. The van der Waals surface area contributed by atoms with Crippen molar-refractivity contribution >= 4 is 33.2 Å². The quantitative estimate of drug-likeness (QED) is 0.750. The number of imidazole rings is 1. The van der Waals surface area contributed by atoms with Gasteiger partial charge in [0.25, 0.3) is 5.91 Å². The number of pyridine rings is 1. The van der Waals surface area contributed by atoms with E-state index in [1.807, 2.05) is 56.4 Å². The predicted molar refractivity (Wildman–Crippen MR) is 93.2 cm³/mol. The molecule has 23 heavy (non-hydrogen) atoms. The van der Waals surface area contributed by atoms with Gasteiger partial charge in [-0.1, -0.05) is 12.1 Å². The van der Waals surface area contributed by atoms with Crippen molar-refractivity contribution in [2.75, 3.05) is 11.9 Å². The number of benzene rings is 1. The molecule has 0 saturated heterocycles. The van der Waals surface area contributed by atoms with Crippen molar-refractivity contribution in [2.24, 2.45) is 0 Å². The van der Waals surface area contributed by atoms with Crippen molar-refractivity contribution in [1.82, 2.24) is 9.38 Å². The Balaban J connectivity index is 2.02. The van der Waals surface area contributed by atoms with Crippen LogP contribution in [0.3, 0.4) is 0 Å². The summed E-state index contributed by atoms with van der Waals surface area (Å²) in [6.07, 6.45) is 1.81. The van der Waals surface area contributed by atoms with Crippen molar-refractivity contribution in [3.05, 3.63) is 58.5 Å². The fourth-order valence-electron chi connectivity index (χ4n) is 2.44. The van der Waals surface area contributed by atoms with Gasteiger partial charge in [0.1, 0.15) is 5.69 Å². The number of carbonyl (C=O) groups excluding carboxylic acids is 1. The van der Waals surface area contributed by atoms with E-state index in [4.69, 9.17) is 4.74 Å². The number of para-hydroxylation sites is 1. The number of nitrogens with zero attached hydrogens (tertiary/aromatic N) is 2. The third-order valence-corrected chi connectivity index (χ3v) is 4.12. The van der Waals surface area contributed by atoms with Gasteiger partial charge in [-0.2, -0.15) is 0 Å². The number of rotatable bonds is 4. The lowest BCUT2D eigenvalue weighted by Gasteiger charge is -2.08. The van der Waals surface area contributed by atoms with Crippen LogP contribution in [0.15, 0.2) is 47.1 Å². The topological polar surface area (TPSA) is 55.6 Å². The SMILES string of the molecule is CCOc1cccn2c(C(=O)Nc3ccccc3Br)c(C)nc12. The molecule has 0 bridgehead atoms. The van der Waals surface area contributed by atoms with Crippen molar-refractivity contribution < 1.29 is 9.53 Å². The first kappa shape index (κ1) is 15.6. The van der Waals surface area contributed by atoms with E-state index in [0.29, 0.717) is 35.1 Å². The van der Waals surface area contributed by atoms with Crippen LogP contribution in [-0.2, 0) is 0 Å². The molecule has 5 nitrogen and oxygen atoms in total. The number of hydrogen-bond acceptors (Lipinski definition) is 3. The van der Waals surface area contributed by atoms with Gasteiger partial charge in [0.2, 0.25) is 0 Å². The molecule has 0 aliphatic rings. The summed E-state index contributed by atoms with van der Waals surface area (Å²) in [4.78, 5) is 17.2. The molecule has 1 aromatic carbocycles. The smallest absolute Gasteiger partial charge is 0.274 e. The highest BCUT2D eigenvalue weighted by atomic mass is 79.9. The summed E-state index contributed by atoms with van der Waals surface area (Å²) in [5, 5.41) is 2.91. The second kappa shape index (κ2) is 6.42. The second-order valence-electron chi connectivity index (χ2n) is 4.98. The number of fused-ring (bicyclic) bond motifs is 1. The van der Waals surface area contributed by atoms with Crippen molar-refractivity contribution in [2.45, 2.75) is 13.8 Å². The number of anilines is 1. The molecule has 0 unspecified atom stereocenters. The molecule has 2 heterocycles. The second-order valence-corrected chi connectivity index (χ2v) is 5.83.